The summed E-state index contributed by atoms with van der Waals surface area (Å²) in [4.78, 5) is 18.1. The number of methoxy groups -OCH3 is 2. The largest absolute Gasteiger partial charge is 0.504 e. The standard InChI is InChI=1S/C22H24N2O4/c1-27-20-12-15(11-19(25)21(20)28-2)22(26)24-9-7-14(8-10-24)17-13-23-18-6-4-3-5-16(17)18/h3-6,11-14,23,25H,7-10H2,1-2H3. The second-order valence-electron chi connectivity index (χ2n) is 7.09. The van der Waals surface area contributed by atoms with Gasteiger partial charge in [-0.3, -0.25) is 4.79 Å². The molecule has 0 radical (unpaired) electrons. The molecule has 0 atom stereocenters. The SMILES string of the molecule is COc1cc(C(=O)N2CCC(c3c[nH]c4ccccc34)CC2)cc(O)c1OC. The van der Waals surface area contributed by atoms with Gasteiger partial charge in [0.25, 0.3) is 5.91 Å². The molecule has 2 aromatic carbocycles. The molecule has 146 valence electrons. The number of aromatic amines is 1. The van der Waals surface area contributed by atoms with E-state index in [0.717, 1.165) is 18.4 Å². The van der Waals surface area contributed by atoms with Crippen LogP contribution in [0, 0.1) is 0 Å². The van der Waals surface area contributed by atoms with E-state index in [2.05, 4.69) is 29.4 Å². The van der Waals surface area contributed by atoms with Gasteiger partial charge in [0.05, 0.1) is 14.2 Å². The Kier molecular flexibility index (Phi) is 4.86. The van der Waals surface area contributed by atoms with E-state index >= 15 is 0 Å². The fourth-order valence-corrected chi connectivity index (χ4v) is 4.08. The van der Waals surface area contributed by atoms with E-state index in [-0.39, 0.29) is 17.4 Å². The Balaban J connectivity index is 1.49. The van der Waals surface area contributed by atoms with Crippen molar-refractivity contribution >= 4 is 16.8 Å². The number of phenolic OH excluding ortho intramolecular Hbond substituents is 1. The number of para-hydroxylation sites is 1. The summed E-state index contributed by atoms with van der Waals surface area (Å²) >= 11 is 0. The molecule has 4 rings (SSSR count). The highest BCUT2D eigenvalue weighted by molar-refractivity contribution is 5.95. The predicted molar refractivity (Wildman–Crippen MR) is 107 cm³/mol. The number of carbonyl (C=O) groups is 1. The smallest absolute Gasteiger partial charge is 0.254 e. The molecule has 1 saturated heterocycles. The monoisotopic (exact) mass is 380 g/mol. The van der Waals surface area contributed by atoms with Crippen LogP contribution >= 0.6 is 0 Å². The van der Waals surface area contributed by atoms with Gasteiger partial charge in [0.15, 0.2) is 11.5 Å². The minimum absolute atomic E-state index is 0.0983. The molecule has 0 unspecified atom stereocenters. The van der Waals surface area contributed by atoms with Crippen molar-refractivity contribution in [2.45, 2.75) is 18.8 Å². The van der Waals surface area contributed by atoms with Crippen LogP contribution in [0.25, 0.3) is 10.9 Å². The van der Waals surface area contributed by atoms with Crippen LogP contribution in [0.5, 0.6) is 17.2 Å². The Labute approximate surface area is 163 Å². The van der Waals surface area contributed by atoms with Gasteiger partial charge in [-0.15, -0.1) is 0 Å². The van der Waals surface area contributed by atoms with E-state index in [9.17, 15) is 9.90 Å². The van der Waals surface area contributed by atoms with Gasteiger partial charge in [-0.2, -0.15) is 0 Å². The minimum atomic E-state index is -0.103. The minimum Gasteiger partial charge on any atom is -0.504 e. The molecule has 6 nitrogen and oxygen atoms in total. The molecule has 1 aromatic heterocycles. The maximum absolute atomic E-state index is 12.9. The van der Waals surface area contributed by atoms with E-state index < -0.39 is 0 Å². The first-order chi connectivity index (χ1) is 13.6. The fraction of sp³-hybridized carbons (Fsp3) is 0.318. The quantitative estimate of drug-likeness (QED) is 0.720. The third kappa shape index (κ3) is 3.15. The van der Waals surface area contributed by atoms with E-state index in [1.165, 1.54) is 31.2 Å². The number of ether oxygens (including phenoxy) is 2. The fourth-order valence-electron chi connectivity index (χ4n) is 4.08. The molecule has 1 amide bonds. The van der Waals surface area contributed by atoms with E-state index in [4.69, 9.17) is 9.47 Å². The number of nitrogens with one attached hydrogen (secondary N) is 1. The van der Waals surface area contributed by atoms with E-state index in [1.54, 1.807) is 6.07 Å². The van der Waals surface area contributed by atoms with Gasteiger partial charge >= 0.3 is 0 Å². The number of carbonyl (C=O) groups excluding carboxylic acids is 1. The number of fused-ring (bicyclic) bond motifs is 1. The van der Waals surface area contributed by atoms with Crippen molar-refractivity contribution in [3.63, 3.8) is 0 Å². The summed E-state index contributed by atoms with van der Waals surface area (Å²) in [5.41, 5.74) is 2.88. The second-order valence-corrected chi connectivity index (χ2v) is 7.09. The Morgan fingerprint density at radius 1 is 1.14 bits per heavy atom. The number of benzene rings is 2. The first kappa shape index (κ1) is 18.2. The molecule has 1 aliphatic rings. The van der Waals surface area contributed by atoms with Gasteiger partial charge in [0.2, 0.25) is 5.75 Å². The third-order valence-corrected chi connectivity index (χ3v) is 5.55. The summed E-state index contributed by atoms with van der Waals surface area (Å²) in [6.45, 7) is 1.36. The lowest BCUT2D eigenvalue weighted by atomic mass is 9.89. The predicted octanol–water partition coefficient (Wildman–Crippen LogP) is 3.91. The van der Waals surface area contributed by atoms with Gasteiger partial charge in [0.1, 0.15) is 0 Å². The first-order valence-electron chi connectivity index (χ1n) is 9.42. The van der Waals surface area contributed by atoms with Gasteiger partial charge in [-0.25, -0.2) is 0 Å². The van der Waals surface area contributed by atoms with Crippen LogP contribution in [0.1, 0.15) is 34.7 Å². The zero-order valence-electron chi connectivity index (χ0n) is 16.1. The van der Waals surface area contributed by atoms with E-state index in [0.29, 0.717) is 30.3 Å². The summed E-state index contributed by atoms with van der Waals surface area (Å²) in [5, 5.41) is 11.4. The number of hydrogen-bond acceptors (Lipinski definition) is 4. The summed E-state index contributed by atoms with van der Waals surface area (Å²) in [7, 11) is 2.94. The van der Waals surface area contributed by atoms with Gasteiger partial charge in [-0.05, 0) is 42.5 Å². The summed E-state index contributed by atoms with van der Waals surface area (Å²) in [6, 6.07) is 11.4. The highest BCUT2D eigenvalue weighted by atomic mass is 16.5. The number of hydrogen-bond donors (Lipinski definition) is 2. The van der Waals surface area contributed by atoms with Gasteiger partial charge in [0, 0.05) is 35.8 Å². The van der Waals surface area contributed by atoms with Crippen LogP contribution in [0.3, 0.4) is 0 Å². The molecule has 0 aliphatic carbocycles. The maximum Gasteiger partial charge on any atom is 0.254 e. The topological polar surface area (TPSA) is 74.8 Å². The molecule has 2 N–H and O–H groups in total. The normalized spacial score (nSPS) is 15.0. The number of H-pyrrole nitrogens is 1. The Morgan fingerprint density at radius 2 is 1.89 bits per heavy atom. The number of phenols is 1. The average Bonchev–Trinajstić information content (AvgIpc) is 3.17. The van der Waals surface area contributed by atoms with Crippen LogP contribution in [0.15, 0.2) is 42.6 Å². The lowest BCUT2D eigenvalue weighted by Crippen LogP contribution is -2.37. The van der Waals surface area contributed by atoms with Crippen LogP contribution in [0.2, 0.25) is 0 Å². The number of piperidine rings is 1. The third-order valence-electron chi connectivity index (χ3n) is 5.55. The lowest BCUT2D eigenvalue weighted by Gasteiger charge is -2.32. The average molecular weight is 380 g/mol. The number of nitrogens with zero attached hydrogens (tertiary/aromatic N) is 1. The van der Waals surface area contributed by atoms with Gasteiger partial charge in [-0.1, -0.05) is 18.2 Å². The van der Waals surface area contributed by atoms with Crippen molar-refractivity contribution in [2.75, 3.05) is 27.3 Å². The van der Waals surface area contributed by atoms with E-state index in [1.807, 2.05) is 11.0 Å². The number of aromatic nitrogens is 1. The van der Waals surface area contributed by atoms with Crippen molar-refractivity contribution in [3.05, 3.63) is 53.7 Å². The molecular formula is C22H24N2O4. The molecule has 6 heteroatoms. The molecule has 1 fully saturated rings. The molecule has 0 saturated carbocycles. The van der Waals surface area contributed by atoms with Crippen molar-refractivity contribution in [2.24, 2.45) is 0 Å². The summed E-state index contributed by atoms with van der Waals surface area (Å²) < 4.78 is 10.4. The zero-order valence-corrected chi connectivity index (χ0v) is 16.1. The number of rotatable bonds is 4. The first-order valence-corrected chi connectivity index (χ1v) is 9.42. The molecular weight excluding hydrogens is 356 g/mol. The van der Waals surface area contributed by atoms with Crippen LogP contribution < -0.4 is 9.47 Å². The Morgan fingerprint density at radius 3 is 2.61 bits per heavy atom. The van der Waals surface area contributed by atoms with Crippen LogP contribution in [-0.4, -0.2) is 48.2 Å². The summed E-state index contributed by atoms with van der Waals surface area (Å²) in [6.07, 6.45) is 3.92. The molecule has 2 heterocycles. The van der Waals surface area contributed by atoms with Crippen molar-refractivity contribution in [1.82, 2.24) is 9.88 Å². The van der Waals surface area contributed by atoms with Crippen molar-refractivity contribution in [1.29, 1.82) is 0 Å². The number of likely N-dealkylation sites (tertiary alicyclic amines) is 1. The second kappa shape index (κ2) is 7.46. The summed E-state index contributed by atoms with van der Waals surface area (Å²) in [5.74, 6) is 0.808. The highest BCUT2D eigenvalue weighted by Crippen LogP contribution is 2.38. The molecule has 1 aliphatic heterocycles. The molecule has 0 bridgehead atoms. The maximum atomic E-state index is 12.9. The van der Waals surface area contributed by atoms with Crippen LogP contribution in [0.4, 0.5) is 0 Å². The molecule has 0 spiro atoms. The zero-order chi connectivity index (χ0) is 19.7. The molecule has 28 heavy (non-hydrogen) atoms. The lowest BCUT2D eigenvalue weighted by molar-refractivity contribution is 0.0712. The Bertz CT molecular complexity index is 1000. The Hall–Kier alpha value is -3.15. The highest BCUT2D eigenvalue weighted by Gasteiger charge is 2.27. The van der Waals surface area contributed by atoms with Gasteiger partial charge < -0.3 is 24.5 Å². The van der Waals surface area contributed by atoms with Crippen molar-refractivity contribution in [3.8, 4) is 17.2 Å². The number of amides is 1. The number of aromatic hydroxyl groups is 1. The van der Waals surface area contributed by atoms with Crippen LogP contribution in [-0.2, 0) is 0 Å². The van der Waals surface area contributed by atoms with Crippen molar-refractivity contribution < 1.29 is 19.4 Å². The molecule has 3 aromatic rings.